The highest BCUT2D eigenvalue weighted by atomic mass is 16.5. The molecular formula is C26H27N3O3. The summed E-state index contributed by atoms with van der Waals surface area (Å²) in [6.45, 7) is 3.75. The third kappa shape index (κ3) is 4.91. The molecule has 1 amide bonds. The lowest BCUT2D eigenvalue weighted by Gasteiger charge is -2.12. The first-order chi connectivity index (χ1) is 15.7. The zero-order chi connectivity index (χ0) is 22.3. The molecule has 3 aromatic carbocycles. The van der Waals surface area contributed by atoms with Crippen LogP contribution in [0.4, 0.5) is 0 Å². The Bertz CT molecular complexity index is 1200. The van der Waals surface area contributed by atoms with Crippen LogP contribution in [0.3, 0.4) is 0 Å². The van der Waals surface area contributed by atoms with Crippen LogP contribution in [0.1, 0.15) is 21.7 Å². The molecule has 32 heavy (non-hydrogen) atoms. The molecule has 0 radical (unpaired) electrons. The third-order valence-electron chi connectivity index (χ3n) is 5.39. The molecule has 0 saturated heterocycles. The maximum absolute atomic E-state index is 12.5. The van der Waals surface area contributed by atoms with Gasteiger partial charge in [0.2, 0.25) is 0 Å². The topological polar surface area (TPSA) is 65.4 Å². The molecule has 0 fully saturated rings. The molecule has 4 aromatic rings. The van der Waals surface area contributed by atoms with E-state index >= 15 is 0 Å². The van der Waals surface area contributed by atoms with Crippen LogP contribution in [0.5, 0.6) is 11.5 Å². The molecule has 0 atom stereocenters. The average molecular weight is 430 g/mol. The largest absolute Gasteiger partial charge is 0.497 e. The van der Waals surface area contributed by atoms with Crippen molar-refractivity contribution in [2.24, 2.45) is 0 Å². The van der Waals surface area contributed by atoms with E-state index in [9.17, 15) is 4.79 Å². The minimum atomic E-state index is -0.113. The monoisotopic (exact) mass is 429 g/mol. The summed E-state index contributed by atoms with van der Waals surface area (Å²) >= 11 is 0. The van der Waals surface area contributed by atoms with Crippen LogP contribution in [0.2, 0.25) is 0 Å². The number of aromatic nitrogens is 2. The van der Waals surface area contributed by atoms with Gasteiger partial charge in [0, 0.05) is 18.5 Å². The Morgan fingerprint density at radius 2 is 1.75 bits per heavy atom. The molecule has 0 aliphatic carbocycles. The number of carbonyl (C=O) groups excluding carboxylic acids is 1. The molecule has 0 bridgehead atoms. The van der Waals surface area contributed by atoms with E-state index in [0.717, 1.165) is 33.9 Å². The van der Waals surface area contributed by atoms with E-state index in [1.165, 1.54) is 0 Å². The highest BCUT2D eigenvalue weighted by Crippen LogP contribution is 2.19. The van der Waals surface area contributed by atoms with Crippen molar-refractivity contribution in [2.45, 2.75) is 19.9 Å². The summed E-state index contributed by atoms with van der Waals surface area (Å²) in [5.74, 6) is 2.43. The molecule has 0 aliphatic heterocycles. The molecule has 0 spiro atoms. The second-order valence-corrected chi connectivity index (χ2v) is 7.52. The van der Waals surface area contributed by atoms with Crippen molar-refractivity contribution >= 4 is 16.9 Å². The number of imidazole rings is 1. The summed E-state index contributed by atoms with van der Waals surface area (Å²) < 4.78 is 13.3. The average Bonchev–Trinajstić information content (AvgIpc) is 3.17. The number of nitrogens with zero attached hydrogens (tertiary/aromatic N) is 2. The van der Waals surface area contributed by atoms with Crippen molar-refractivity contribution in [1.29, 1.82) is 0 Å². The Kier molecular flexibility index (Phi) is 6.70. The van der Waals surface area contributed by atoms with E-state index in [0.29, 0.717) is 31.7 Å². The van der Waals surface area contributed by atoms with Crippen LogP contribution >= 0.6 is 0 Å². The van der Waals surface area contributed by atoms with Gasteiger partial charge in [-0.3, -0.25) is 4.79 Å². The van der Waals surface area contributed by atoms with Gasteiger partial charge in [0.05, 0.1) is 24.7 Å². The maximum atomic E-state index is 12.5. The number of amides is 1. The number of hydrogen-bond donors (Lipinski definition) is 1. The van der Waals surface area contributed by atoms with Gasteiger partial charge in [-0.15, -0.1) is 0 Å². The zero-order valence-corrected chi connectivity index (χ0v) is 18.4. The Morgan fingerprint density at radius 1 is 1.00 bits per heavy atom. The van der Waals surface area contributed by atoms with E-state index in [1.54, 1.807) is 31.4 Å². The number of aryl methyl sites for hydroxylation is 1. The van der Waals surface area contributed by atoms with Crippen molar-refractivity contribution in [1.82, 2.24) is 14.9 Å². The van der Waals surface area contributed by atoms with Crippen molar-refractivity contribution in [3.8, 4) is 11.5 Å². The highest BCUT2D eigenvalue weighted by molar-refractivity contribution is 5.94. The zero-order valence-electron chi connectivity index (χ0n) is 18.4. The Hall–Kier alpha value is -3.80. The number of para-hydroxylation sites is 3. The summed E-state index contributed by atoms with van der Waals surface area (Å²) in [7, 11) is 1.60. The SMILES string of the molecule is COc1ccc(C(=O)NCCc2nc3ccccc3n2CCOc2ccccc2C)cc1. The smallest absolute Gasteiger partial charge is 0.251 e. The number of rotatable bonds is 9. The second-order valence-electron chi connectivity index (χ2n) is 7.52. The molecule has 6 heteroatoms. The summed E-state index contributed by atoms with van der Waals surface area (Å²) in [5, 5.41) is 2.98. The molecule has 1 N–H and O–H groups in total. The van der Waals surface area contributed by atoms with Crippen molar-refractivity contribution in [2.75, 3.05) is 20.3 Å². The van der Waals surface area contributed by atoms with Gasteiger partial charge in [-0.25, -0.2) is 4.98 Å². The predicted octanol–water partition coefficient (Wildman–Crippen LogP) is 4.40. The number of benzene rings is 3. The lowest BCUT2D eigenvalue weighted by Crippen LogP contribution is -2.26. The van der Waals surface area contributed by atoms with Crippen LogP contribution in [-0.4, -0.2) is 35.7 Å². The molecular weight excluding hydrogens is 402 g/mol. The van der Waals surface area contributed by atoms with Gasteiger partial charge in [-0.05, 0) is 55.0 Å². The summed E-state index contributed by atoms with van der Waals surface area (Å²) in [6, 6.07) is 23.1. The van der Waals surface area contributed by atoms with Gasteiger partial charge in [0.1, 0.15) is 23.9 Å². The summed E-state index contributed by atoms with van der Waals surface area (Å²) in [6.07, 6.45) is 0.626. The quantitative estimate of drug-likeness (QED) is 0.428. The fourth-order valence-electron chi connectivity index (χ4n) is 3.66. The normalized spacial score (nSPS) is 10.8. The van der Waals surface area contributed by atoms with Crippen LogP contribution in [0, 0.1) is 6.92 Å². The van der Waals surface area contributed by atoms with E-state index < -0.39 is 0 Å². The first kappa shape index (κ1) is 21.4. The third-order valence-corrected chi connectivity index (χ3v) is 5.39. The summed E-state index contributed by atoms with van der Waals surface area (Å²) in [5.41, 5.74) is 3.73. The minimum absolute atomic E-state index is 0.113. The van der Waals surface area contributed by atoms with Crippen LogP contribution in [0.25, 0.3) is 11.0 Å². The number of hydrogen-bond acceptors (Lipinski definition) is 4. The number of carbonyl (C=O) groups is 1. The second kappa shape index (κ2) is 10.0. The fraction of sp³-hybridized carbons (Fsp3) is 0.231. The minimum Gasteiger partial charge on any atom is -0.497 e. The molecule has 0 unspecified atom stereocenters. The van der Waals surface area contributed by atoms with Gasteiger partial charge >= 0.3 is 0 Å². The van der Waals surface area contributed by atoms with Gasteiger partial charge in [-0.1, -0.05) is 30.3 Å². The summed E-state index contributed by atoms with van der Waals surface area (Å²) in [4.78, 5) is 17.2. The predicted molar refractivity (Wildman–Crippen MR) is 125 cm³/mol. The number of ether oxygens (including phenoxy) is 2. The van der Waals surface area contributed by atoms with Crippen molar-refractivity contribution in [3.63, 3.8) is 0 Å². The number of nitrogens with one attached hydrogen (secondary N) is 1. The van der Waals surface area contributed by atoms with Gasteiger partial charge in [0.15, 0.2) is 0 Å². The van der Waals surface area contributed by atoms with Crippen LogP contribution in [0.15, 0.2) is 72.8 Å². The molecule has 4 rings (SSSR count). The molecule has 164 valence electrons. The molecule has 0 aliphatic rings. The van der Waals surface area contributed by atoms with Crippen LogP contribution < -0.4 is 14.8 Å². The van der Waals surface area contributed by atoms with Crippen LogP contribution in [-0.2, 0) is 13.0 Å². The molecule has 1 heterocycles. The van der Waals surface area contributed by atoms with E-state index in [1.807, 2.05) is 49.4 Å². The van der Waals surface area contributed by atoms with Gasteiger partial charge < -0.3 is 19.4 Å². The molecule has 1 aromatic heterocycles. The number of fused-ring (bicyclic) bond motifs is 1. The van der Waals surface area contributed by atoms with E-state index in [-0.39, 0.29) is 5.91 Å². The van der Waals surface area contributed by atoms with Gasteiger partial charge in [0.25, 0.3) is 5.91 Å². The molecule has 6 nitrogen and oxygen atoms in total. The van der Waals surface area contributed by atoms with Gasteiger partial charge in [-0.2, -0.15) is 0 Å². The lowest BCUT2D eigenvalue weighted by atomic mass is 10.2. The number of methoxy groups -OCH3 is 1. The highest BCUT2D eigenvalue weighted by Gasteiger charge is 2.12. The standard InChI is InChI=1S/C26H27N3O3/c1-19-7-3-6-10-24(19)32-18-17-29-23-9-5-4-8-22(23)28-25(29)15-16-27-26(30)20-11-13-21(31-2)14-12-20/h3-14H,15-18H2,1-2H3,(H,27,30). The maximum Gasteiger partial charge on any atom is 0.251 e. The molecule has 0 saturated carbocycles. The van der Waals surface area contributed by atoms with Crippen molar-refractivity contribution < 1.29 is 14.3 Å². The Morgan fingerprint density at radius 3 is 2.53 bits per heavy atom. The van der Waals surface area contributed by atoms with Crippen molar-refractivity contribution in [3.05, 3.63) is 89.7 Å². The Labute approximate surface area is 187 Å². The lowest BCUT2D eigenvalue weighted by molar-refractivity contribution is 0.0954. The Balaban J connectivity index is 1.41. The first-order valence-corrected chi connectivity index (χ1v) is 10.7. The fourth-order valence-corrected chi connectivity index (χ4v) is 3.66. The first-order valence-electron chi connectivity index (χ1n) is 10.7. The van der Waals surface area contributed by atoms with E-state index in [2.05, 4.69) is 16.0 Å². The van der Waals surface area contributed by atoms with E-state index in [4.69, 9.17) is 14.5 Å².